The molecule has 0 aliphatic rings. The summed E-state index contributed by atoms with van der Waals surface area (Å²) in [4.78, 5) is 6.84. The Morgan fingerprint density at radius 3 is 2.65 bits per heavy atom. The van der Waals surface area contributed by atoms with Gasteiger partial charge in [-0.25, -0.2) is 18.1 Å². The second kappa shape index (κ2) is 6.34. The number of nitrogens with two attached hydrogens (primary N) is 1. The fraction of sp³-hybridized carbons (Fsp3) is 0.154. The zero-order valence-electron chi connectivity index (χ0n) is 10.6. The first kappa shape index (κ1) is 14.3. The molecule has 6 nitrogen and oxygen atoms in total. The van der Waals surface area contributed by atoms with Crippen molar-refractivity contribution in [2.45, 2.75) is 11.4 Å². The zero-order valence-corrected chi connectivity index (χ0v) is 11.4. The maximum atomic E-state index is 12.1. The number of sulfonamides is 1. The van der Waals surface area contributed by atoms with E-state index >= 15 is 0 Å². The Morgan fingerprint density at radius 1 is 1.30 bits per heavy atom. The van der Waals surface area contributed by atoms with Crippen molar-refractivity contribution in [1.29, 1.82) is 0 Å². The van der Waals surface area contributed by atoms with Gasteiger partial charge in [-0.3, -0.25) is 0 Å². The van der Waals surface area contributed by atoms with E-state index in [1.165, 1.54) is 18.5 Å². The SMILES string of the molecule is NCC#Cc1ccc(S(=O)(=O)NCc2cnc[nH]2)cc1. The monoisotopic (exact) mass is 290 g/mol. The highest BCUT2D eigenvalue weighted by atomic mass is 32.2. The first-order valence-electron chi connectivity index (χ1n) is 5.88. The summed E-state index contributed by atoms with van der Waals surface area (Å²) in [6, 6.07) is 6.31. The van der Waals surface area contributed by atoms with Gasteiger partial charge >= 0.3 is 0 Å². The number of imidazole rings is 1. The predicted molar refractivity (Wildman–Crippen MR) is 75.0 cm³/mol. The number of benzene rings is 1. The molecule has 0 radical (unpaired) electrons. The van der Waals surface area contributed by atoms with Crippen LogP contribution in [-0.4, -0.2) is 24.9 Å². The third-order valence-electron chi connectivity index (χ3n) is 2.51. The zero-order chi connectivity index (χ0) is 14.4. The van der Waals surface area contributed by atoms with Crippen molar-refractivity contribution in [1.82, 2.24) is 14.7 Å². The van der Waals surface area contributed by atoms with Gasteiger partial charge in [-0.15, -0.1) is 0 Å². The highest BCUT2D eigenvalue weighted by molar-refractivity contribution is 7.89. The van der Waals surface area contributed by atoms with Crippen molar-refractivity contribution >= 4 is 10.0 Å². The molecule has 1 aromatic heterocycles. The van der Waals surface area contributed by atoms with Crippen LogP contribution >= 0.6 is 0 Å². The largest absolute Gasteiger partial charge is 0.347 e. The normalized spacial score (nSPS) is 10.8. The quantitative estimate of drug-likeness (QED) is 0.700. The minimum atomic E-state index is -3.54. The molecule has 0 spiro atoms. The molecule has 0 fully saturated rings. The topological polar surface area (TPSA) is 101 Å². The van der Waals surface area contributed by atoms with Crippen LogP contribution in [0.2, 0.25) is 0 Å². The summed E-state index contributed by atoms with van der Waals surface area (Å²) in [5, 5.41) is 0. The van der Waals surface area contributed by atoms with E-state index in [9.17, 15) is 8.42 Å². The van der Waals surface area contributed by atoms with Crippen LogP contribution in [0.3, 0.4) is 0 Å². The Balaban J connectivity index is 2.09. The number of hydrogen-bond acceptors (Lipinski definition) is 4. The molecule has 1 aromatic carbocycles. The van der Waals surface area contributed by atoms with E-state index in [4.69, 9.17) is 5.73 Å². The van der Waals surface area contributed by atoms with Crippen LogP contribution in [0, 0.1) is 11.8 Å². The standard InChI is InChI=1S/C13H14N4O2S/c14-7-1-2-11-3-5-13(6-4-11)20(18,19)17-9-12-8-15-10-16-12/h3-6,8,10,17H,7,9,14H2,(H,15,16). The summed E-state index contributed by atoms with van der Waals surface area (Å²) < 4.78 is 26.6. The highest BCUT2D eigenvalue weighted by Crippen LogP contribution is 2.10. The van der Waals surface area contributed by atoms with Gasteiger partial charge in [0.15, 0.2) is 0 Å². The molecule has 0 aliphatic heterocycles. The minimum absolute atomic E-state index is 0.164. The first-order chi connectivity index (χ1) is 9.62. The molecule has 2 aromatic rings. The van der Waals surface area contributed by atoms with E-state index in [0.29, 0.717) is 5.69 Å². The number of nitrogens with zero attached hydrogens (tertiary/aromatic N) is 1. The second-order valence-electron chi connectivity index (χ2n) is 3.93. The van der Waals surface area contributed by atoms with Crippen LogP contribution < -0.4 is 10.5 Å². The fourth-order valence-electron chi connectivity index (χ4n) is 1.51. The van der Waals surface area contributed by atoms with Gasteiger partial charge in [0.05, 0.1) is 24.3 Å². The van der Waals surface area contributed by atoms with E-state index in [-0.39, 0.29) is 18.0 Å². The van der Waals surface area contributed by atoms with E-state index in [0.717, 1.165) is 5.56 Å². The van der Waals surface area contributed by atoms with Crippen LogP contribution in [0.1, 0.15) is 11.3 Å². The van der Waals surface area contributed by atoms with E-state index in [1.807, 2.05) is 0 Å². The van der Waals surface area contributed by atoms with Crippen molar-refractivity contribution in [2.24, 2.45) is 5.73 Å². The van der Waals surface area contributed by atoms with Gasteiger partial charge in [0.2, 0.25) is 10.0 Å². The number of H-pyrrole nitrogens is 1. The summed E-state index contributed by atoms with van der Waals surface area (Å²) in [5.41, 5.74) is 6.69. The summed E-state index contributed by atoms with van der Waals surface area (Å²) in [6.07, 6.45) is 3.06. The van der Waals surface area contributed by atoms with Crippen molar-refractivity contribution in [2.75, 3.05) is 6.54 Å². The van der Waals surface area contributed by atoms with Crippen molar-refractivity contribution in [3.63, 3.8) is 0 Å². The molecule has 1 heterocycles. The lowest BCUT2D eigenvalue weighted by Crippen LogP contribution is -2.23. The summed E-state index contributed by atoms with van der Waals surface area (Å²) in [6.45, 7) is 0.433. The predicted octanol–water partition coefficient (Wildman–Crippen LogP) is 0.198. The van der Waals surface area contributed by atoms with Crippen molar-refractivity contribution in [3.8, 4) is 11.8 Å². The van der Waals surface area contributed by atoms with Gasteiger partial charge in [-0.2, -0.15) is 0 Å². The maximum Gasteiger partial charge on any atom is 0.240 e. The molecule has 7 heteroatoms. The Kier molecular flexibility index (Phi) is 4.53. The second-order valence-corrected chi connectivity index (χ2v) is 5.70. The molecule has 0 amide bonds. The summed E-state index contributed by atoms with van der Waals surface area (Å²) in [7, 11) is -3.54. The Morgan fingerprint density at radius 2 is 2.05 bits per heavy atom. The third kappa shape index (κ3) is 3.68. The van der Waals surface area contributed by atoms with Crippen LogP contribution in [0.25, 0.3) is 0 Å². The van der Waals surface area contributed by atoms with Crippen LogP contribution in [0.15, 0.2) is 41.7 Å². The molecule has 0 aliphatic carbocycles. The van der Waals surface area contributed by atoms with E-state index in [2.05, 4.69) is 26.5 Å². The van der Waals surface area contributed by atoms with Crippen LogP contribution in [0.4, 0.5) is 0 Å². The van der Waals surface area contributed by atoms with Gasteiger partial charge in [-0.05, 0) is 24.3 Å². The number of aromatic nitrogens is 2. The molecular formula is C13H14N4O2S. The first-order valence-corrected chi connectivity index (χ1v) is 7.36. The van der Waals surface area contributed by atoms with E-state index in [1.54, 1.807) is 18.3 Å². The lowest BCUT2D eigenvalue weighted by atomic mass is 10.2. The van der Waals surface area contributed by atoms with Crippen LogP contribution in [0.5, 0.6) is 0 Å². The Bertz CT molecular complexity index is 710. The van der Waals surface area contributed by atoms with Crippen LogP contribution in [-0.2, 0) is 16.6 Å². The number of rotatable bonds is 4. The lowest BCUT2D eigenvalue weighted by molar-refractivity contribution is 0.580. The Labute approximate surface area is 117 Å². The third-order valence-corrected chi connectivity index (χ3v) is 3.92. The molecule has 0 saturated carbocycles. The van der Waals surface area contributed by atoms with Gasteiger partial charge in [0.1, 0.15) is 0 Å². The van der Waals surface area contributed by atoms with Gasteiger partial charge in [-0.1, -0.05) is 11.8 Å². The fourth-order valence-corrected chi connectivity index (χ4v) is 2.51. The number of hydrogen-bond donors (Lipinski definition) is 3. The van der Waals surface area contributed by atoms with Gasteiger partial charge in [0, 0.05) is 17.5 Å². The molecule has 0 bridgehead atoms. The van der Waals surface area contributed by atoms with Gasteiger partial charge < -0.3 is 10.7 Å². The molecule has 4 N–H and O–H groups in total. The average Bonchev–Trinajstić information content (AvgIpc) is 2.97. The highest BCUT2D eigenvalue weighted by Gasteiger charge is 2.13. The molecule has 20 heavy (non-hydrogen) atoms. The molecular weight excluding hydrogens is 276 g/mol. The summed E-state index contributed by atoms with van der Waals surface area (Å²) in [5.74, 6) is 5.54. The lowest BCUT2D eigenvalue weighted by Gasteiger charge is -2.05. The molecule has 104 valence electrons. The van der Waals surface area contributed by atoms with Crippen molar-refractivity contribution in [3.05, 3.63) is 48.0 Å². The van der Waals surface area contributed by atoms with Crippen molar-refractivity contribution < 1.29 is 8.42 Å². The molecule has 0 unspecified atom stereocenters. The maximum absolute atomic E-state index is 12.1. The smallest absolute Gasteiger partial charge is 0.240 e. The Hall–Kier alpha value is -2.14. The average molecular weight is 290 g/mol. The molecule has 2 rings (SSSR count). The van der Waals surface area contributed by atoms with E-state index < -0.39 is 10.0 Å². The summed E-state index contributed by atoms with van der Waals surface area (Å²) >= 11 is 0. The number of nitrogens with one attached hydrogen (secondary N) is 2. The molecule has 0 atom stereocenters. The molecule has 0 saturated heterocycles. The van der Waals surface area contributed by atoms with Gasteiger partial charge in [0.25, 0.3) is 0 Å². The number of aromatic amines is 1. The minimum Gasteiger partial charge on any atom is -0.347 e.